The highest BCUT2D eigenvalue weighted by Crippen LogP contribution is 2.15. The lowest BCUT2D eigenvalue weighted by Crippen LogP contribution is -2.19. The molecule has 0 saturated carbocycles. The lowest BCUT2D eigenvalue weighted by molar-refractivity contribution is 0.397. The molecule has 0 aliphatic carbocycles. The van der Waals surface area contributed by atoms with E-state index in [2.05, 4.69) is 20.8 Å². The van der Waals surface area contributed by atoms with Gasteiger partial charge in [-0.25, -0.2) is 0 Å². The lowest BCUT2D eigenvalue weighted by atomic mass is 9.94. The van der Waals surface area contributed by atoms with Crippen LogP contribution < -0.4 is 11.5 Å². The van der Waals surface area contributed by atoms with Crippen molar-refractivity contribution >= 4 is 0 Å². The summed E-state index contributed by atoms with van der Waals surface area (Å²) in [6, 6.07) is 0.341. The van der Waals surface area contributed by atoms with Crippen molar-refractivity contribution < 1.29 is 0 Å². The third-order valence-electron chi connectivity index (χ3n) is 2.33. The molecule has 2 heteroatoms. The topological polar surface area (TPSA) is 52.0 Å². The number of hydrogen-bond acceptors (Lipinski definition) is 2. The van der Waals surface area contributed by atoms with Gasteiger partial charge in [0, 0.05) is 6.04 Å². The lowest BCUT2D eigenvalue weighted by Gasteiger charge is -2.15. The van der Waals surface area contributed by atoms with Gasteiger partial charge in [-0.2, -0.15) is 0 Å². The average Bonchev–Trinajstić information content (AvgIpc) is 1.99. The van der Waals surface area contributed by atoms with Gasteiger partial charge in [0.1, 0.15) is 0 Å². The first kappa shape index (κ1) is 11.9. The Bertz CT molecular complexity index is 102. The van der Waals surface area contributed by atoms with Gasteiger partial charge >= 0.3 is 0 Å². The third-order valence-corrected chi connectivity index (χ3v) is 2.33. The normalized spacial score (nSPS) is 18.8. The Morgan fingerprint density at radius 2 is 1.50 bits per heavy atom. The molecule has 0 fully saturated rings. The maximum atomic E-state index is 5.71. The highest BCUT2D eigenvalue weighted by Gasteiger charge is 2.07. The summed E-state index contributed by atoms with van der Waals surface area (Å²) in [7, 11) is 0. The highest BCUT2D eigenvalue weighted by atomic mass is 14.6. The van der Waals surface area contributed by atoms with E-state index in [1.165, 1.54) is 12.8 Å². The molecule has 0 spiro atoms. The van der Waals surface area contributed by atoms with Crippen molar-refractivity contribution in [3.05, 3.63) is 0 Å². The predicted molar refractivity (Wildman–Crippen MR) is 54.9 cm³/mol. The Hall–Kier alpha value is -0.0800. The molecule has 0 aromatic rings. The van der Waals surface area contributed by atoms with Crippen LogP contribution in [0.5, 0.6) is 0 Å². The summed E-state index contributed by atoms with van der Waals surface area (Å²) in [4.78, 5) is 0. The van der Waals surface area contributed by atoms with Gasteiger partial charge in [-0.1, -0.05) is 20.3 Å². The molecular formula is C10H24N2. The van der Waals surface area contributed by atoms with Crippen LogP contribution in [0.1, 0.15) is 40.0 Å². The Labute approximate surface area is 76.7 Å². The Morgan fingerprint density at radius 1 is 1.00 bits per heavy atom. The van der Waals surface area contributed by atoms with E-state index in [4.69, 9.17) is 11.5 Å². The Kier molecular flexibility index (Phi) is 6.39. The smallest absolute Gasteiger partial charge is 0.00130 e. The van der Waals surface area contributed by atoms with Crippen molar-refractivity contribution in [1.29, 1.82) is 0 Å². The van der Waals surface area contributed by atoms with E-state index in [0.29, 0.717) is 12.0 Å². The maximum Gasteiger partial charge on any atom is 0.00130 e. The van der Waals surface area contributed by atoms with E-state index in [0.717, 1.165) is 18.9 Å². The van der Waals surface area contributed by atoms with Crippen molar-refractivity contribution in [1.82, 2.24) is 0 Å². The van der Waals surface area contributed by atoms with Gasteiger partial charge in [-0.05, 0) is 38.1 Å². The SMILES string of the molecule is CC(N)CC(C)CCC(C)CN. The van der Waals surface area contributed by atoms with E-state index >= 15 is 0 Å². The molecule has 4 N–H and O–H groups in total. The van der Waals surface area contributed by atoms with Gasteiger partial charge in [-0.3, -0.25) is 0 Å². The van der Waals surface area contributed by atoms with Crippen LogP contribution in [-0.2, 0) is 0 Å². The molecule has 0 aromatic carbocycles. The molecule has 0 heterocycles. The summed E-state index contributed by atoms with van der Waals surface area (Å²) in [6.07, 6.45) is 3.64. The number of hydrogen-bond donors (Lipinski definition) is 2. The number of rotatable bonds is 6. The minimum Gasteiger partial charge on any atom is -0.330 e. The molecule has 3 unspecified atom stereocenters. The summed E-state index contributed by atoms with van der Waals surface area (Å²) < 4.78 is 0. The molecule has 0 bridgehead atoms. The molecule has 3 atom stereocenters. The van der Waals surface area contributed by atoms with Gasteiger partial charge in [0.25, 0.3) is 0 Å². The molecule has 0 rings (SSSR count). The molecule has 0 aliphatic rings. The molecule has 2 nitrogen and oxygen atoms in total. The average molecular weight is 172 g/mol. The van der Waals surface area contributed by atoms with Crippen molar-refractivity contribution in [2.24, 2.45) is 23.3 Å². The molecule has 0 aliphatic heterocycles. The maximum absolute atomic E-state index is 5.71. The number of nitrogens with two attached hydrogens (primary N) is 2. The van der Waals surface area contributed by atoms with Crippen molar-refractivity contribution in [3.8, 4) is 0 Å². The summed E-state index contributed by atoms with van der Waals surface area (Å²) in [5, 5.41) is 0. The summed E-state index contributed by atoms with van der Waals surface area (Å²) in [5.74, 6) is 1.42. The van der Waals surface area contributed by atoms with E-state index in [1.54, 1.807) is 0 Å². The molecular weight excluding hydrogens is 148 g/mol. The second-order valence-corrected chi connectivity index (χ2v) is 4.24. The molecule has 74 valence electrons. The Morgan fingerprint density at radius 3 is 1.92 bits per heavy atom. The van der Waals surface area contributed by atoms with Crippen molar-refractivity contribution in [3.63, 3.8) is 0 Å². The summed E-state index contributed by atoms with van der Waals surface area (Å²) in [6.45, 7) is 7.36. The zero-order chi connectivity index (χ0) is 9.56. The second-order valence-electron chi connectivity index (χ2n) is 4.24. The fourth-order valence-electron chi connectivity index (χ4n) is 1.44. The van der Waals surface area contributed by atoms with E-state index in [-0.39, 0.29) is 0 Å². The quantitative estimate of drug-likeness (QED) is 0.641. The van der Waals surface area contributed by atoms with E-state index < -0.39 is 0 Å². The molecule has 0 aromatic heterocycles. The van der Waals surface area contributed by atoms with Crippen LogP contribution in [0.25, 0.3) is 0 Å². The molecule has 0 saturated heterocycles. The standard InChI is InChI=1S/C10H24N2/c1-8(6-10(3)12)4-5-9(2)7-11/h8-10H,4-7,11-12H2,1-3H3. The first-order chi connectivity index (χ1) is 5.56. The first-order valence-electron chi connectivity index (χ1n) is 5.01. The van der Waals surface area contributed by atoms with Crippen LogP contribution in [0.2, 0.25) is 0 Å². The van der Waals surface area contributed by atoms with Crippen LogP contribution in [0.3, 0.4) is 0 Å². The largest absolute Gasteiger partial charge is 0.330 e. The highest BCUT2D eigenvalue weighted by molar-refractivity contribution is 4.63. The summed E-state index contributed by atoms with van der Waals surface area (Å²) >= 11 is 0. The van der Waals surface area contributed by atoms with Gasteiger partial charge in [0.2, 0.25) is 0 Å². The minimum absolute atomic E-state index is 0.341. The first-order valence-corrected chi connectivity index (χ1v) is 5.01. The minimum atomic E-state index is 0.341. The van der Waals surface area contributed by atoms with Crippen LogP contribution in [0.15, 0.2) is 0 Å². The Balaban J connectivity index is 3.36. The molecule has 0 amide bonds. The fourth-order valence-corrected chi connectivity index (χ4v) is 1.44. The van der Waals surface area contributed by atoms with Crippen LogP contribution in [-0.4, -0.2) is 12.6 Å². The zero-order valence-corrected chi connectivity index (χ0v) is 8.72. The van der Waals surface area contributed by atoms with Gasteiger partial charge < -0.3 is 11.5 Å². The monoisotopic (exact) mass is 172 g/mol. The third kappa shape index (κ3) is 6.62. The molecule has 0 radical (unpaired) electrons. The molecule has 12 heavy (non-hydrogen) atoms. The predicted octanol–water partition coefficient (Wildman–Crippen LogP) is 1.73. The van der Waals surface area contributed by atoms with Gasteiger partial charge in [-0.15, -0.1) is 0 Å². The summed E-state index contributed by atoms with van der Waals surface area (Å²) in [5.41, 5.74) is 11.2. The fraction of sp³-hybridized carbons (Fsp3) is 1.00. The van der Waals surface area contributed by atoms with Crippen LogP contribution in [0, 0.1) is 11.8 Å². The van der Waals surface area contributed by atoms with Crippen molar-refractivity contribution in [2.75, 3.05) is 6.54 Å². The van der Waals surface area contributed by atoms with Gasteiger partial charge in [0.15, 0.2) is 0 Å². The van der Waals surface area contributed by atoms with E-state index in [1.807, 2.05) is 0 Å². The van der Waals surface area contributed by atoms with Gasteiger partial charge in [0.05, 0.1) is 0 Å². The van der Waals surface area contributed by atoms with Crippen LogP contribution >= 0.6 is 0 Å². The van der Waals surface area contributed by atoms with Crippen molar-refractivity contribution in [2.45, 2.75) is 46.1 Å². The zero-order valence-electron chi connectivity index (χ0n) is 8.72. The van der Waals surface area contributed by atoms with E-state index in [9.17, 15) is 0 Å². The van der Waals surface area contributed by atoms with Crippen LogP contribution in [0.4, 0.5) is 0 Å². The second kappa shape index (κ2) is 6.44.